The van der Waals surface area contributed by atoms with Gasteiger partial charge in [0.1, 0.15) is 0 Å². The van der Waals surface area contributed by atoms with Crippen molar-refractivity contribution in [3.05, 3.63) is 0 Å². The van der Waals surface area contributed by atoms with E-state index in [1.807, 2.05) is 0 Å². The molecule has 3 heteroatoms. The number of rotatable bonds is 2. The summed E-state index contributed by atoms with van der Waals surface area (Å²) in [6, 6.07) is 0.294. The molecule has 1 saturated heterocycles. The van der Waals surface area contributed by atoms with Gasteiger partial charge in [-0.25, -0.2) is 0 Å². The fourth-order valence-electron chi connectivity index (χ4n) is 7.48. The first-order valence-electron chi connectivity index (χ1n) is 9.60. The largest absolute Gasteiger partial charge is 0.338 e. The maximum Gasteiger partial charge on any atom is 0.240 e. The van der Waals surface area contributed by atoms with E-state index in [0.717, 1.165) is 36.1 Å². The van der Waals surface area contributed by atoms with Gasteiger partial charge in [0, 0.05) is 12.6 Å². The molecular formula is C19H30N2O. The Hall–Kier alpha value is -0.570. The molecule has 1 heterocycles. The van der Waals surface area contributed by atoms with E-state index in [2.05, 4.69) is 11.8 Å². The van der Waals surface area contributed by atoms with Crippen LogP contribution in [0.1, 0.15) is 58.3 Å². The van der Waals surface area contributed by atoms with E-state index in [4.69, 9.17) is 5.73 Å². The van der Waals surface area contributed by atoms with Gasteiger partial charge in [-0.2, -0.15) is 0 Å². The summed E-state index contributed by atoms with van der Waals surface area (Å²) in [6.45, 7) is 3.34. The molecule has 5 saturated carbocycles. The monoisotopic (exact) mass is 302 g/mol. The summed E-state index contributed by atoms with van der Waals surface area (Å²) in [5.41, 5.74) is 6.84. The highest BCUT2D eigenvalue weighted by Gasteiger charge is 2.56. The molecule has 1 unspecified atom stereocenters. The molecule has 3 nitrogen and oxygen atoms in total. The molecule has 22 heavy (non-hydrogen) atoms. The Balaban J connectivity index is 1.36. The Morgan fingerprint density at radius 3 is 2.09 bits per heavy atom. The average Bonchev–Trinajstić information content (AvgIpc) is 3.03. The normalized spacial score (nSPS) is 53.3. The molecule has 6 fully saturated rings. The zero-order chi connectivity index (χ0) is 15.1. The second-order valence-electron chi connectivity index (χ2n) is 9.61. The number of nitrogens with two attached hydrogens (primary N) is 1. The molecule has 0 aromatic rings. The van der Waals surface area contributed by atoms with Crippen LogP contribution < -0.4 is 5.73 Å². The molecule has 5 aliphatic carbocycles. The van der Waals surface area contributed by atoms with E-state index in [1.165, 1.54) is 51.4 Å². The number of carbonyl (C=O) groups excluding carboxylic acids is 1. The second kappa shape index (κ2) is 4.49. The van der Waals surface area contributed by atoms with E-state index in [-0.39, 0.29) is 11.5 Å². The smallest absolute Gasteiger partial charge is 0.240 e. The van der Waals surface area contributed by atoms with Gasteiger partial charge in [-0.1, -0.05) is 6.92 Å². The predicted molar refractivity (Wildman–Crippen MR) is 86.0 cm³/mol. The van der Waals surface area contributed by atoms with E-state index in [0.29, 0.717) is 11.9 Å². The van der Waals surface area contributed by atoms with Crippen LogP contribution in [0.15, 0.2) is 0 Å². The number of hydrogen-bond acceptors (Lipinski definition) is 2. The average molecular weight is 302 g/mol. The number of nitrogens with zero attached hydrogens (tertiary/aromatic N) is 1. The minimum atomic E-state index is -0.212. The highest BCUT2D eigenvalue weighted by Crippen LogP contribution is 2.61. The Bertz CT molecular complexity index is 464. The highest BCUT2D eigenvalue weighted by molar-refractivity contribution is 5.83. The number of amides is 1. The first kappa shape index (κ1) is 13.8. The van der Waals surface area contributed by atoms with Crippen molar-refractivity contribution < 1.29 is 4.79 Å². The van der Waals surface area contributed by atoms with E-state index in [9.17, 15) is 4.79 Å². The van der Waals surface area contributed by atoms with Gasteiger partial charge in [0.25, 0.3) is 0 Å². The molecule has 6 aliphatic rings. The van der Waals surface area contributed by atoms with Crippen LogP contribution in [0.5, 0.6) is 0 Å². The standard InChI is InChI=1S/C19H30N2O/c1-11-2-16-6-15(11)10-21(16)18(22)17(20)19-7-12-3-13(8-19)5-14(4-12)9-19/h11-17H,2-10,20H2,1H3/t11?,12?,13?,14?,15-,16+,17+,19?/m0/s1. The molecule has 1 aliphatic heterocycles. The number of fused-ring (bicyclic) bond motifs is 2. The molecule has 0 aromatic heterocycles. The second-order valence-corrected chi connectivity index (χ2v) is 9.61. The van der Waals surface area contributed by atoms with Crippen molar-refractivity contribution in [3.8, 4) is 0 Å². The van der Waals surface area contributed by atoms with E-state index < -0.39 is 0 Å². The summed E-state index contributed by atoms with van der Waals surface area (Å²) < 4.78 is 0. The summed E-state index contributed by atoms with van der Waals surface area (Å²) >= 11 is 0. The third kappa shape index (κ3) is 1.81. The minimum Gasteiger partial charge on any atom is -0.338 e. The van der Waals surface area contributed by atoms with Gasteiger partial charge in [-0.15, -0.1) is 0 Å². The Labute approximate surface area is 134 Å². The first-order valence-corrected chi connectivity index (χ1v) is 9.60. The van der Waals surface area contributed by atoms with E-state index in [1.54, 1.807) is 0 Å². The van der Waals surface area contributed by atoms with Gasteiger partial charge >= 0.3 is 0 Å². The van der Waals surface area contributed by atoms with Crippen molar-refractivity contribution in [2.24, 2.45) is 40.7 Å². The van der Waals surface area contributed by atoms with Crippen LogP contribution in [0.25, 0.3) is 0 Å². The van der Waals surface area contributed by atoms with Crippen molar-refractivity contribution in [1.82, 2.24) is 4.90 Å². The number of likely N-dealkylation sites (tertiary alicyclic amines) is 1. The number of hydrogen-bond donors (Lipinski definition) is 1. The van der Waals surface area contributed by atoms with Crippen LogP contribution >= 0.6 is 0 Å². The topological polar surface area (TPSA) is 46.3 Å². The summed E-state index contributed by atoms with van der Waals surface area (Å²) in [5, 5.41) is 0. The summed E-state index contributed by atoms with van der Waals surface area (Å²) in [4.78, 5) is 15.3. The quantitative estimate of drug-likeness (QED) is 0.852. The van der Waals surface area contributed by atoms with Gasteiger partial charge in [-0.05, 0) is 86.4 Å². The lowest BCUT2D eigenvalue weighted by molar-refractivity contribution is -0.145. The highest BCUT2D eigenvalue weighted by atomic mass is 16.2. The first-order chi connectivity index (χ1) is 10.5. The lowest BCUT2D eigenvalue weighted by atomic mass is 9.47. The van der Waals surface area contributed by atoms with Crippen molar-refractivity contribution in [2.45, 2.75) is 70.4 Å². The summed E-state index contributed by atoms with van der Waals surface area (Å²) in [7, 11) is 0. The van der Waals surface area contributed by atoms with Crippen LogP contribution in [0, 0.1) is 35.0 Å². The van der Waals surface area contributed by atoms with Crippen LogP contribution in [-0.4, -0.2) is 29.4 Å². The lowest BCUT2D eigenvalue weighted by Gasteiger charge is -2.58. The molecule has 0 radical (unpaired) electrons. The molecule has 0 aromatic carbocycles. The maximum absolute atomic E-state index is 13.2. The van der Waals surface area contributed by atoms with Crippen LogP contribution in [-0.2, 0) is 4.79 Å². The van der Waals surface area contributed by atoms with Crippen molar-refractivity contribution in [3.63, 3.8) is 0 Å². The van der Waals surface area contributed by atoms with Crippen LogP contribution in [0.2, 0.25) is 0 Å². The predicted octanol–water partition coefficient (Wildman–Crippen LogP) is 2.79. The summed E-state index contributed by atoms with van der Waals surface area (Å²) in [5.74, 6) is 4.49. The molecule has 1 amide bonds. The van der Waals surface area contributed by atoms with Crippen LogP contribution in [0.4, 0.5) is 0 Å². The minimum absolute atomic E-state index is 0.166. The molecule has 4 atom stereocenters. The Morgan fingerprint density at radius 2 is 1.64 bits per heavy atom. The zero-order valence-corrected chi connectivity index (χ0v) is 13.8. The Kier molecular flexibility index (Phi) is 2.83. The molecule has 6 bridgehead atoms. The third-order valence-electron chi connectivity index (χ3n) is 8.19. The summed E-state index contributed by atoms with van der Waals surface area (Å²) in [6.07, 6.45) is 10.4. The Morgan fingerprint density at radius 1 is 1.05 bits per heavy atom. The number of piperidine rings is 1. The van der Waals surface area contributed by atoms with Gasteiger partial charge in [0.05, 0.1) is 6.04 Å². The molecule has 122 valence electrons. The molecule has 0 spiro atoms. The molecular weight excluding hydrogens is 272 g/mol. The van der Waals surface area contributed by atoms with Gasteiger partial charge in [0.2, 0.25) is 5.91 Å². The SMILES string of the molecule is CC1C[C@@H]2C[C@H]1CN2C(=O)[C@@H](N)C12CC3CC(CC(C3)C1)C2. The van der Waals surface area contributed by atoms with Crippen molar-refractivity contribution in [2.75, 3.05) is 6.54 Å². The zero-order valence-electron chi connectivity index (χ0n) is 13.8. The van der Waals surface area contributed by atoms with Gasteiger partial charge in [0.15, 0.2) is 0 Å². The van der Waals surface area contributed by atoms with E-state index >= 15 is 0 Å². The molecule has 2 N–H and O–H groups in total. The third-order valence-corrected chi connectivity index (χ3v) is 8.19. The van der Waals surface area contributed by atoms with Gasteiger partial charge in [-0.3, -0.25) is 4.79 Å². The molecule has 6 rings (SSSR count). The van der Waals surface area contributed by atoms with Crippen LogP contribution in [0.3, 0.4) is 0 Å². The fraction of sp³-hybridized carbons (Fsp3) is 0.947. The number of carbonyl (C=O) groups is 1. The maximum atomic E-state index is 13.2. The van der Waals surface area contributed by atoms with Crippen molar-refractivity contribution in [1.29, 1.82) is 0 Å². The van der Waals surface area contributed by atoms with Crippen molar-refractivity contribution >= 4 is 5.91 Å². The fourth-order valence-corrected chi connectivity index (χ4v) is 7.48. The lowest BCUT2D eigenvalue weighted by Crippen LogP contribution is -2.61. The van der Waals surface area contributed by atoms with Gasteiger partial charge < -0.3 is 10.6 Å².